The van der Waals surface area contributed by atoms with Gasteiger partial charge >= 0.3 is 6.04 Å². The summed E-state index contributed by atoms with van der Waals surface area (Å²) < 4.78 is 18.1. The zero-order chi connectivity index (χ0) is 18.2. The number of unbranched alkanes of at least 4 members (excludes halogenated alkanes) is 12. The van der Waals surface area contributed by atoms with Gasteiger partial charge in [0, 0.05) is 0 Å². The second-order valence-corrected chi connectivity index (χ2v) is 6.89. The maximum absolute atomic E-state index is 12.5. The van der Waals surface area contributed by atoms with E-state index in [0.717, 1.165) is 6.42 Å². The van der Waals surface area contributed by atoms with Crippen LogP contribution in [0.15, 0.2) is 24.3 Å². The fourth-order valence-corrected chi connectivity index (χ4v) is 2.99. The maximum atomic E-state index is 12.5. The molecule has 1 aromatic carbocycles. The highest BCUT2D eigenvalue weighted by Gasteiger charge is 2.02. The van der Waals surface area contributed by atoms with E-state index in [4.69, 9.17) is 4.74 Å². The van der Waals surface area contributed by atoms with Crippen LogP contribution >= 0.6 is 0 Å². The van der Waals surface area contributed by atoms with E-state index in [2.05, 4.69) is 6.92 Å². The van der Waals surface area contributed by atoms with Gasteiger partial charge in [-0.1, -0.05) is 84.0 Å². The van der Waals surface area contributed by atoms with Gasteiger partial charge in [-0.05, 0) is 30.7 Å². The fraction of sp³-hybridized carbons (Fsp3) is 0.682. The van der Waals surface area contributed by atoms with Crippen molar-refractivity contribution in [3.05, 3.63) is 29.8 Å². The van der Waals surface area contributed by atoms with Crippen molar-refractivity contribution in [1.82, 2.24) is 0 Å². The molecule has 1 rings (SSSR count). The van der Waals surface area contributed by atoms with Crippen LogP contribution in [0.5, 0.6) is 5.75 Å². The molecule has 0 amide bonds. The van der Waals surface area contributed by atoms with Gasteiger partial charge in [-0.2, -0.15) is 4.39 Å². The van der Waals surface area contributed by atoms with E-state index in [9.17, 15) is 9.18 Å². The lowest BCUT2D eigenvalue weighted by Gasteiger charge is -2.06. The molecule has 1 aromatic rings. The van der Waals surface area contributed by atoms with E-state index in [1.807, 2.05) is 0 Å². The molecule has 25 heavy (non-hydrogen) atoms. The molecular weight excluding hydrogens is 315 g/mol. The Balaban J connectivity index is 1.85. The van der Waals surface area contributed by atoms with E-state index in [0.29, 0.717) is 12.4 Å². The summed E-state index contributed by atoms with van der Waals surface area (Å²) in [5.74, 6) is 0.698. The molecule has 0 heterocycles. The van der Waals surface area contributed by atoms with E-state index < -0.39 is 6.04 Å². The zero-order valence-electron chi connectivity index (χ0n) is 15.9. The standard InChI is InChI=1S/C22H35FO2/c1-2-3-4-5-6-7-8-9-10-11-12-13-14-19-25-21-17-15-20(16-18-21)22(23)24/h15-18H,2-14,19H2,1H3. The molecule has 0 spiro atoms. The van der Waals surface area contributed by atoms with Crippen molar-refractivity contribution in [3.63, 3.8) is 0 Å². The molecule has 0 aromatic heterocycles. The minimum absolute atomic E-state index is 0.0771. The van der Waals surface area contributed by atoms with Gasteiger partial charge in [0.05, 0.1) is 12.2 Å². The average Bonchev–Trinajstić information content (AvgIpc) is 2.62. The van der Waals surface area contributed by atoms with Crippen molar-refractivity contribution in [2.75, 3.05) is 6.61 Å². The van der Waals surface area contributed by atoms with Crippen LogP contribution in [0.4, 0.5) is 4.39 Å². The van der Waals surface area contributed by atoms with Crippen LogP contribution in [0.3, 0.4) is 0 Å². The van der Waals surface area contributed by atoms with Crippen molar-refractivity contribution in [2.24, 2.45) is 0 Å². The first-order valence-corrected chi connectivity index (χ1v) is 10.2. The van der Waals surface area contributed by atoms with Crippen LogP contribution in [-0.4, -0.2) is 12.6 Å². The monoisotopic (exact) mass is 350 g/mol. The number of rotatable bonds is 16. The normalized spacial score (nSPS) is 10.8. The number of benzene rings is 1. The van der Waals surface area contributed by atoms with Crippen LogP contribution < -0.4 is 4.74 Å². The Morgan fingerprint density at radius 2 is 1.20 bits per heavy atom. The minimum atomic E-state index is -1.40. The molecular formula is C22H35FO2. The van der Waals surface area contributed by atoms with Gasteiger partial charge in [-0.15, -0.1) is 0 Å². The number of ether oxygens (including phenoxy) is 1. The summed E-state index contributed by atoms with van der Waals surface area (Å²) in [6, 6.07) is 4.82. The Bertz CT molecular complexity index is 442. The summed E-state index contributed by atoms with van der Waals surface area (Å²) in [5.41, 5.74) is 0.0771. The number of hydrogen-bond donors (Lipinski definition) is 0. The smallest absolute Gasteiger partial charge is 0.332 e. The summed E-state index contributed by atoms with van der Waals surface area (Å²) in [5, 5.41) is 0. The summed E-state index contributed by atoms with van der Waals surface area (Å²) >= 11 is 0. The molecule has 2 nitrogen and oxygen atoms in total. The minimum Gasteiger partial charge on any atom is -0.494 e. The van der Waals surface area contributed by atoms with Crippen LogP contribution in [0.25, 0.3) is 0 Å². The number of halogens is 1. The number of carbonyl (C=O) groups is 1. The quantitative estimate of drug-likeness (QED) is 0.231. The predicted octanol–water partition coefficient (Wildman–Crippen LogP) is 7.27. The average molecular weight is 351 g/mol. The van der Waals surface area contributed by atoms with Crippen LogP contribution in [-0.2, 0) is 0 Å². The molecule has 0 radical (unpaired) electrons. The Kier molecular flexibility index (Phi) is 12.9. The van der Waals surface area contributed by atoms with Gasteiger partial charge in [0.25, 0.3) is 0 Å². The van der Waals surface area contributed by atoms with Gasteiger partial charge in [-0.25, -0.2) is 0 Å². The van der Waals surface area contributed by atoms with Crippen LogP contribution in [0.1, 0.15) is 101 Å². The lowest BCUT2D eigenvalue weighted by molar-refractivity contribution is 0.0836. The molecule has 0 aliphatic carbocycles. The highest BCUT2D eigenvalue weighted by Crippen LogP contribution is 2.15. The molecule has 0 saturated carbocycles. The van der Waals surface area contributed by atoms with Crippen molar-refractivity contribution in [3.8, 4) is 5.75 Å². The number of hydrogen-bond acceptors (Lipinski definition) is 2. The van der Waals surface area contributed by atoms with Gasteiger partial charge in [0.15, 0.2) is 0 Å². The van der Waals surface area contributed by atoms with Crippen molar-refractivity contribution in [1.29, 1.82) is 0 Å². The van der Waals surface area contributed by atoms with Gasteiger partial charge in [0.2, 0.25) is 0 Å². The van der Waals surface area contributed by atoms with Gasteiger partial charge in [0.1, 0.15) is 5.75 Å². The molecule has 0 aliphatic rings. The van der Waals surface area contributed by atoms with E-state index in [-0.39, 0.29) is 5.56 Å². The molecule has 0 atom stereocenters. The first-order chi connectivity index (χ1) is 12.2. The molecule has 142 valence electrons. The second-order valence-electron chi connectivity index (χ2n) is 6.89. The van der Waals surface area contributed by atoms with Crippen LogP contribution in [0, 0.1) is 0 Å². The molecule has 0 aliphatic heterocycles. The Morgan fingerprint density at radius 1 is 0.760 bits per heavy atom. The molecule has 0 N–H and O–H groups in total. The SMILES string of the molecule is CCCCCCCCCCCCCCCOc1ccc(C(=O)F)cc1. The second kappa shape index (κ2) is 14.9. The lowest BCUT2D eigenvalue weighted by atomic mass is 10.0. The molecule has 0 unspecified atom stereocenters. The third kappa shape index (κ3) is 11.7. The molecule has 3 heteroatoms. The highest BCUT2D eigenvalue weighted by molar-refractivity contribution is 5.88. The fourth-order valence-electron chi connectivity index (χ4n) is 2.99. The predicted molar refractivity (Wildman–Crippen MR) is 103 cm³/mol. The zero-order valence-corrected chi connectivity index (χ0v) is 15.9. The highest BCUT2D eigenvalue weighted by atomic mass is 19.1. The summed E-state index contributed by atoms with van der Waals surface area (Å²) in [4.78, 5) is 10.5. The third-order valence-corrected chi connectivity index (χ3v) is 4.60. The molecule has 0 bridgehead atoms. The third-order valence-electron chi connectivity index (χ3n) is 4.60. The maximum Gasteiger partial charge on any atom is 0.332 e. The van der Waals surface area contributed by atoms with Gasteiger partial charge in [-0.3, -0.25) is 4.79 Å². The number of carbonyl (C=O) groups excluding carboxylic acids is 1. The summed E-state index contributed by atoms with van der Waals surface area (Å²) in [6.45, 7) is 2.95. The summed E-state index contributed by atoms with van der Waals surface area (Å²) in [7, 11) is 0. The van der Waals surface area contributed by atoms with Crippen molar-refractivity contribution in [2.45, 2.75) is 90.4 Å². The topological polar surface area (TPSA) is 26.3 Å². The van der Waals surface area contributed by atoms with Crippen molar-refractivity contribution >= 4 is 6.04 Å². The largest absolute Gasteiger partial charge is 0.494 e. The van der Waals surface area contributed by atoms with E-state index in [1.165, 1.54) is 89.2 Å². The first kappa shape index (κ1) is 21.7. The molecule has 0 fully saturated rings. The Hall–Kier alpha value is -1.38. The molecule has 0 saturated heterocycles. The van der Waals surface area contributed by atoms with E-state index >= 15 is 0 Å². The lowest BCUT2D eigenvalue weighted by Crippen LogP contribution is -1.98. The van der Waals surface area contributed by atoms with Crippen molar-refractivity contribution < 1.29 is 13.9 Å². The van der Waals surface area contributed by atoms with Gasteiger partial charge < -0.3 is 4.74 Å². The van der Waals surface area contributed by atoms with E-state index in [1.54, 1.807) is 12.1 Å². The Morgan fingerprint density at radius 3 is 1.64 bits per heavy atom. The Labute approximate surface area is 153 Å². The van der Waals surface area contributed by atoms with Crippen LogP contribution in [0.2, 0.25) is 0 Å². The summed E-state index contributed by atoms with van der Waals surface area (Å²) in [6.07, 6.45) is 17.3. The first-order valence-electron chi connectivity index (χ1n) is 10.2.